The molecule has 1 amide bonds. The van der Waals surface area contributed by atoms with Crippen LogP contribution in [0.5, 0.6) is 0 Å². The van der Waals surface area contributed by atoms with Gasteiger partial charge in [-0.25, -0.2) is 22.0 Å². The number of piperazine rings is 1. The second-order valence-corrected chi connectivity index (χ2v) is 14.3. The highest BCUT2D eigenvalue weighted by atomic mass is 32.2. The van der Waals surface area contributed by atoms with E-state index in [2.05, 4.69) is 16.5 Å². The van der Waals surface area contributed by atoms with Crippen molar-refractivity contribution >= 4 is 38.3 Å². The van der Waals surface area contributed by atoms with Crippen LogP contribution in [0.15, 0.2) is 60.0 Å². The Morgan fingerprint density at radius 2 is 1.82 bits per heavy atom. The average molecular weight is 703 g/mol. The summed E-state index contributed by atoms with van der Waals surface area (Å²) in [7, 11) is -2.56. The van der Waals surface area contributed by atoms with Crippen molar-refractivity contribution in [2.24, 2.45) is 0 Å². The quantitative estimate of drug-likeness (QED) is 0.192. The van der Waals surface area contributed by atoms with Gasteiger partial charge >= 0.3 is 11.9 Å². The molecule has 2 aliphatic rings. The van der Waals surface area contributed by atoms with Gasteiger partial charge in [0.1, 0.15) is 17.5 Å². The lowest BCUT2D eigenvalue weighted by Gasteiger charge is -2.40. The molecule has 16 heteroatoms. The summed E-state index contributed by atoms with van der Waals surface area (Å²) in [6.45, 7) is 7.31. The summed E-state index contributed by atoms with van der Waals surface area (Å²) in [4.78, 5) is 38.3. The number of hydrogen-bond acceptors (Lipinski definition) is 7. The number of fused-ring (bicyclic) bond motifs is 1. The van der Waals surface area contributed by atoms with Crippen molar-refractivity contribution in [3.05, 3.63) is 88.6 Å². The first-order valence-corrected chi connectivity index (χ1v) is 16.8. The number of aryl methyl sites for hydroxylation is 1. The highest BCUT2D eigenvalue weighted by Gasteiger charge is 2.40. The number of anilines is 2. The van der Waals surface area contributed by atoms with Gasteiger partial charge in [0.05, 0.1) is 33.4 Å². The molecule has 2 aromatic carbocycles. The highest BCUT2D eigenvalue weighted by molar-refractivity contribution is 7.93. The minimum Gasteiger partial charge on any atom is -0.350 e. The number of rotatable bonds is 7. The van der Waals surface area contributed by atoms with Gasteiger partial charge in [-0.1, -0.05) is 12.6 Å². The maximum atomic E-state index is 16.2. The Morgan fingerprint density at radius 3 is 2.45 bits per heavy atom. The van der Waals surface area contributed by atoms with Crippen LogP contribution in [0.4, 0.5) is 33.5 Å². The van der Waals surface area contributed by atoms with Crippen molar-refractivity contribution in [2.75, 3.05) is 35.9 Å². The van der Waals surface area contributed by atoms with E-state index >= 15 is 8.78 Å². The molecule has 1 aliphatic heterocycles. The van der Waals surface area contributed by atoms with Crippen LogP contribution in [0.1, 0.15) is 31.0 Å². The molecule has 1 saturated carbocycles. The number of halogens is 5. The molecule has 1 saturated heterocycles. The van der Waals surface area contributed by atoms with Crippen molar-refractivity contribution in [2.45, 2.75) is 44.2 Å². The van der Waals surface area contributed by atoms with Crippen LogP contribution in [-0.2, 0) is 21.0 Å². The van der Waals surface area contributed by atoms with Crippen molar-refractivity contribution in [3.8, 4) is 16.8 Å². The second kappa shape index (κ2) is 12.2. The molecular formula is C33H31F5N6O4S. The van der Waals surface area contributed by atoms with E-state index in [1.807, 2.05) is 0 Å². The highest BCUT2D eigenvalue weighted by Crippen LogP contribution is 2.42. The van der Waals surface area contributed by atoms with Gasteiger partial charge in [0.15, 0.2) is 0 Å². The zero-order valence-electron chi connectivity index (χ0n) is 26.6. The number of hydrogen-bond donors (Lipinski definition) is 0. The second-order valence-electron chi connectivity index (χ2n) is 12.1. The Kier molecular flexibility index (Phi) is 8.49. The minimum atomic E-state index is -5.06. The number of alkyl halides is 3. The van der Waals surface area contributed by atoms with E-state index < -0.39 is 61.5 Å². The third-order valence-corrected chi connectivity index (χ3v) is 11.2. The monoisotopic (exact) mass is 702 g/mol. The predicted octanol–water partition coefficient (Wildman–Crippen LogP) is 5.20. The third-order valence-electron chi connectivity index (χ3n) is 8.91. The van der Waals surface area contributed by atoms with Gasteiger partial charge in [-0.15, -0.1) is 0 Å². The van der Waals surface area contributed by atoms with Crippen molar-refractivity contribution < 1.29 is 35.2 Å². The summed E-state index contributed by atoms with van der Waals surface area (Å²) in [6.07, 6.45) is -1.66. The number of benzene rings is 2. The lowest BCUT2D eigenvalue weighted by molar-refractivity contribution is -0.137. The van der Waals surface area contributed by atoms with Crippen LogP contribution in [0.3, 0.4) is 0 Å². The predicted molar refractivity (Wildman–Crippen MR) is 174 cm³/mol. The molecule has 4 aromatic rings. The normalized spacial score (nSPS) is 17.0. The number of aromatic nitrogens is 3. The van der Waals surface area contributed by atoms with Crippen LogP contribution in [0.25, 0.3) is 27.7 Å². The average Bonchev–Trinajstić information content (AvgIpc) is 3.90. The largest absolute Gasteiger partial charge is 0.417 e. The summed E-state index contributed by atoms with van der Waals surface area (Å²) in [5.74, 6) is -2.90. The molecule has 1 atom stereocenters. The van der Waals surface area contributed by atoms with E-state index in [0.29, 0.717) is 18.9 Å². The fraction of sp³-hybridized carbons (Fsp3) is 0.333. The summed E-state index contributed by atoms with van der Waals surface area (Å²) in [5.41, 5.74) is -4.29. The van der Waals surface area contributed by atoms with Gasteiger partial charge in [0, 0.05) is 55.4 Å². The van der Waals surface area contributed by atoms with E-state index in [9.17, 15) is 31.2 Å². The van der Waals surface area contributed by atoms with Crippen LogP contribution in [0.2, 0.25) is 0 Å². The van der Waals surface area contributed by atoms with Gasteiger partial charge in [-0.05, 0) is 63.1 Å². The zero-order chi connectivity index (χ0) is 35.6. The molecule has 2 aromatic heterocycles. The summed E-state index contributed by atoms with van der Waals surface area (Å²) in [6, 6.07) is 5.00. The Bertz CT molecular complexity index is 2190. The zero-order valence-corrected chi connectivity index (χ0v) is 27.4. The van der Waals surface area contributed by atoms with Gasteiger partial charge in [-0.2, -0.15) is 18.2 Å². The van der Waals surface area contributed by atoms with E-state index in [1.165, 1.54) is 37.2 Å². The Hall–Kier alpha value is -4.86. The molecule has 0 radical (unpaired) electrons. The molecule has 0 N–H and O–H groups in total. The van der Waals surface area contributed by atoms with Gasteiger partial charge < -0.3 is 9.80 Å². The smallest absolute Gasteiger partial charge is 0.350 e. The molecular weight excluding hydrogens is 671 g/mol. The van der Waals surface area contributed by atoms with Gasteiger partial charge in [0.25, 0.3) is 0 Å². The topological polar surface area (TPSA) is 109 Å². The minimum absolute atomic E-state index is 0.0217. The van der Waals surface area contributed by atoms with Gasteiger partial charge in [0.2, 0.25) is 15.9 Å². The number of sulfonamides is 1. The molecule has 2 fully saturated rings. The number of carbonyl (C=O) groups is 1. The first kappa shape index (κ1) is 34.0. The first-order chi connectivity index (χ1) is 23.1. The maximum absolute atomic E-state index is 16.2. The molecule has 0 bridgehead atoms. The van der Waals surface area contributed by atoms with Crippen molar-refractivity contribution in [1.29, 1.82) is 0 Å². The van der Waals surface area contributed by atoms with Crippen LogP contribution in [0, 0.1) is 18.6 Å². The summed E-state index contributed by atoms with van der Waals surface area (Å²) in [5, 5.41) is -0.661. The molecule has 6 rings (SSSR count). The van der Waals surface area contributed by atoms with Crippen molar-refractivity contribution in [1.82, 2.24) is 19.4 Å². The summed E-state index contributed by atoms with van der Waals surface area (Å²) < 4.78 is 103. The standard InChI is InChI=1S/C33H31F5N6O4S/c1-5-28(45)42-13-14-43(18(2)17-42)31-22-15-25(35)21(29-23(33(36,37)38)7-6-8-24(29)34)16-27(22)44(32(46)40-31)30-19(3)39-12-11-26(30)41(4)49(47,48)20-9-10-20/h5-8,11-12,15-16,18,20H,1,9-10,13-14,17H2,2-4H3/t18-/m0/s1. The molecule has 0 unspecified atom stereocenters. The van der Waals surface area contributed by atoms with E-state index in [0.717, 1.165) is 33.1 Å². The van der Waals surface area contributed by atoms with Crippen LogP contribution in [-0.4, -0.2) is 71.7 Å². The van der Waals surface area contributed by atoms with E-state index in [-0.39, 0.29) is 59.3 Å². The molecule has 49 heavy (non-hydrogen) atoms. The molecule has 0 spiro atoms. The number of carbonyl (C=O) groups excluding carboxylic acids is 1. The van der Waals surface area contributed by atoms with E-state index in [4.69, 9.17) is 0 Å². The fourth-order valence-corrected chi connectivity index (χ4v) is 7.89. The Balaban J connectivity index is 1.67. The molecule has 1 aliphatic carbocycles. The first-order valence-electron chi connectivity index (χ1n) is 15.3. The maximum Gasteiger partial charge on any atom is 0.417 e. The Morgan fingerprint density at radius 1 is 1.10 bits per heavy atom. The third kappa shape index (κ3) is 5.91. The van der Waals surface area contributed by atoms with E-state index in [1.54, 1.807) is 11.8 Å². The SMILES string of the molecule is C=CC(=O)N1CCN(c2nc(=O)n(-c3c(N(C)S(=O)(=O)C4CC4)ccnc3C)c3cc(-c4c(F)cccc4C(F)(F)F)c(F)cc23)[C@@H](C)C1. The number of amides is 1. The number of nitrogens with zero attached hydrogens (tertiary/aromatic N) is 6. The Labute approximate surface area is 278 Å². The summed E-state index contributed by atoms with van der Waals surface area (Å²) >= 11 is 0. The lowest BCUT2D eigenvalue weighted by Crippen LogP contribution is -2.54. The lowest BCUT2D eigenvalue weighted by atomic mass is 9.96. The number of pyridine rings is 1. The van der Waals surface area contributed by atoms with Gasteiger partial charge in [-0.3, -0.25) is 18.7 Å². The van der Waals surface area contributed by atoms with Crippen LogP contribution >= 0.6 is 0 Å². The van der Waals surface area contributed by atoms with Crippen LogP contribution < -0.4 is 14.9 Å². The molecule has 258 valence electrons. The van der Waals surface area contributed by atoms with Crippen molar-refractivity contribution in [3.63, 3.8) is 0 Å². The molecule has 10 nitrogen and oxygen atoms in total. The fourth-order valence-electron chi connectivity index (χ4n) is 6.29. The molecule has 3 heterocycles.